The number of ether oxygens (including phenoxy) is 2. The third kappa shape index (κ3) is 5.94. The Labute approximate surface area is 323 Å². The Hall–Kier alpha value is -4.64. The van der Waals surface area contributed by atoms with Gasteiger partial charge in [0.05, 0.1) is 17.6 Å². The number of piperazine rings is 1. The van der Waals surface area contributed by atoms with Gasteiger partial charge in [-0.2, -0.15) is 15.1 Å². The summed E-state index contributed by atoms with van der Waals surface area (Å²) in [7, 11) is 3.54. The molecule has 0 amide bonds. The van der Waals surface area contributed by atoms with Crippen molar-refractivity contribution in [3.05, 3.63) is 47.7 Å². The molecule has 2 aromatic heterocycles. The molecule has 10 rings (SSSR count). The van der Waals surface area contributed by atoms with E-state index in [4.69, 9.17) is 31.0 Å². The normalized spacial score (nSPS) is 26.0. The predicted octanol–water partition coefficient (Wildman–Crippen LogP) is 6.58. The minimum absolute atomic E-state index is 0.0326. The molecule has 5 aromatic rings. The lowest BCUT2D eigenvalue weighted by molar-refractivity contribution is 0.0199. The van der Waals surface area contributed by atoms with E-state index >= 15 is 8.78 Å². The summed E-state index contributed by atoms with van der Waals surface area (Å²) >= 11 is 0. The summed E-state index contributed by atoms with van der Waals surface area (Å²) in [4.78, 5) is 17.1. The predicted molar refractivity (Wildman–Crippen MR) is 209 cm³/mol. The van der Waals surface area contributed by atoms with Crippen LogP contribution in [0.4, 0.5) is 19.0 Å². The molecule has 3 aromatic carbocycles. The Bertz CT molecular complexity index is 2410. The maximum atomic E-state index is 17.8. The van der Waals surface area contributed by atoms with Crippen molar-refractivity contribution in [1.82, 2.24) is 29.5 Å². The van der Waals surface area contributed by atoms with Gasteiger partial charge in [-0.1, -0.05) is 12.0 Å². The van der Waals surface area contributed by atoms with Crippen molar-refractivity contribution < 1.29 is 27.8 Å². The lowest BCUT2D eigenvalue weighted by Gasteiger charge is -2.49. The monoisotopic (exact) mass is 765 g/mol. The Morgan fingerprint density at radius 2 is 1.79 bits per heavy atom. The van der Waals surface area contributed by atoms with Gasteiger partial charge in [0.1, 0.15) is 34.6 Å². The number of benzene rings is 3. The standard InChI is InChI=1S/C43H46F3N7O3/c1-4-31-34(45)8-5-25-15-30(54)16-32(35(25)31)36-38(46)40-37(33-20-50(2)49-39(33)36)41(48-42(47-40)56-23-43(10-11-43)22-51-12-9-26(44)17-51)53-27-6-7-28(53)19-52(18-27)29-13-24(14-29)21-55-3/h1,5,8,15-16,20,24,26-29,54H,6-7,9-14,17-19,21-23H2,2-3H3/t24?,26-,27?,28?,29?/m1/s1. The molecule has 292 valence electrons. The number of phenolic OH excluding ortho intramolecular Hbond substituents is 1. The Kier molecular flexibility index (Phi) is 8.61. The zero-order chi connectivity index (χ0) is 38.5. The Morgan fingerprint density at radius 3 is 2.48 bits per heavy atom. The first-order valence-electron chi connectivity index (χ1n) is 19.9. The molecule has 2 aliphatic carbocycles. The van der Waals surface area contributed by atoms with Crippen molar-refractivity contribution in [2.75, 3.05) is 57.9 Å². The van der Waals surface area contributed by atoms with E-state index in [1.807, 2.05) is 6.20 Å². The molecule has 5 fully saturated rings. The van der Waals surface area contributed by atoms with Gasteiger partial charge < -0.3 is 19.5 Å². The number of nitrogens with zero attached hydrogens (tertiary/aromatic N) is 7. The molecule has 3 saturated heterocycles. The molecular formula is C43H46F3N7O3. The molecule has 5 heterocycles. The topological polar surface area (TPSA) is 92.0 Å². The van der Waals surface area contributed by atoms with E-state index in [-0.39, 0.29) is 51.5 Å². The van der Waals surface area contributed by atoms with Crippen LogP contribution in [-0.4, -0.2) is 112 Å². The molecule has 2 unspecified atom stereocenters. The van der Waals surface area contributed by atoms with Gasteiger partial charge >= 0.3 is 6.01 Å². The number of phenols is 1. The zero-order valence-electron chi connectivity index (χ0n) is 31.8. The average Bonchev–Trinajstić information content (AvgIpc) is 3.49. The van der Waals surface area contributed by atoms with Crippen LogP contribution in [-0.2, 0) is 11.8 Å². The molecule has 0 spiro atoms. The molecular weight excluding hydrogens is 720 g/mol. The summed E-state index contributed by atoms with van der Waals surface area (Å²) in [6, 6.07) is 6.59. The first kappa shape index (κ1) is 35.8. The quantitative estimate of drug-likeness (QED) is 0.158. The van der Waals surface area contributed by atoms with Crippen LogP contribution in [0.2, 0.25) is 0 Å². The minimum atomic E-state index is -0.802. The molecule has 5 aliphatic rings. The minimum Gasteiger partial charge on any atom is -0.508 e. The van der Waals surface area contributed by atoms with E-state index in [9.17, 15) is 9.50 Å². The lowest BCUT2D eigenvalue weighted by atomic mass is 9.79. The molecule has 3 atom stereocenters. The van der Waals surface area contributed by atoms with Gasteiger partial charge in [0.15, 0.2) is 5.82 Å². The zero-order valence-corrected chi connectivity index (χ0v) is 31.8. The number of hydrogen-bond donors (Lipinski definition) is 1. The summed E-state index contributed by atoms with van der Waals surface area (Å²) in [5.41, 5.74) is 0.493. The first-order valence-corrected chi connectivity index (χ1v) is 19.9. The third-order valence-corrected chi connectivity index (χ3v) is 13.2. The number of halogens is 3. The summed E-state index contributed by atoms with van der Waals surface area (Å²) < 4.78 is 60.7. The van der Waals surface area contributed by atoms with Crippen LogP contribution in [0.25, 0.3) is 43.7 Å². The van der Waals surface area contributed by atoms with Crippen LogP contribution in [0.3, 0.4) is 0 Å². The molecule has 56 heavy (non-hydrogen) atoms. The molecule has 3 aliphatic heterocycles. The number of methoxy groups -OCH3 is 1. The van der Waals surface area contributed by atoms with E-state index in [1.54, 1.807) is 18.8 Å². The van der Waals surface area contributed by atoms with Crippen molar-refractivity contribution in [3.63, 3.8) is 0 Å². The van der Waals surface area contributed by atoms with Gasteiger partial charge in [0, 0.05) is 99.6 Å². The SMILES string of the molecule is C#Cc1c(F)ccc2cc(O)cc(-c3c(F)c4nc(OCC5(CN6CC[C@@H](F)C6)CC5)nc(N5C6CCC5CN(C5CC(COC)C5)C6)c4c4cn(C)nc34)c12. The maximum Gasteiger partial charge on any atom is 0.319 e. The fourth-order valence-electron chi connectivity index (χ4n) is 10.3. The van der Waals surface area contributed by atoms with Gasteiger partial charge in [0.2, 0.25) is 0 Å². The highest BCUT2D eigenvalue weighted by Crippen LogP contribution is 2.49. The van der Waals surface area contributed by atoms with Gasteiger partial charge in [-0.05, 0) is 80.0 Å². The second-order valence-corrected chi connectivity index (χ2v) is 17.1. The molecule has 2 bridgehead atoms. The van der Waals surface area contributed by atoms with Crippen LogP contribution in [0, 0.1) is 35.3 Å². The number of rotatable bonds is 10. The molecule has 1 N–H and O–H groups in total. The van der Waals surface area contributed by atoms with Crippen molar-refractivity contribution in [3.8, 4) is 35.2 Å². The van der Waals surface area contributed by atoms with Gasteiger partial charge in [0.25, 0.3) is 0 Å². The molecule has 13 heteroatoms. The number of alkyl halides is 1. The number of hydrogen-bond acceptors (Lipinski definition) is 9. The summed E-state index contributed by atoms with van der Waals surface area (Å²) in [5, 5.41) is 17.6. The highest BCUT2D eigenvalue weighted by Gasteiger charge is 2.48. The van der Waals surface area contributed by atoms with Crippen LogP contribution >= 0.6 is 0 Å². The fourth-order valence-corrected chi connectivity index (χ4v) is 10.3. The summed E-state index contributed by atoms with van der Waals surface area (Å²) in [6.07, 6.45) is 13.6. The van der Waals surface area contributed by atoms with Crippen molar-refractivity contribution in [2.45, 2.75) is 69.2 Å². The van der Waals surface area contributed by atoms with Crippen LogP contribution in [0.1, 0.15) is 50.5 Å². The molecule has 10 nitrogen and oxygen atoms in total. The van der Waals surface area contributed by atoms with E-state index in [1.165, 1.54) is 24.3 Å². The molecule has 2 saturated carbocycles. The number of anilines is 1. The van der Waals surface area contributed by atoms with Crippen LogP contribution < -0.4 is 9.64 Å². The van der Waals surface area contributed by atoms with Crippen molar-refractivity contribution in [1.29, 1.82) is 0 Å². The van der Waals surface area contributed by atoms with Crippen molar-refractivity contribution in [2.24, 2.45) is 18.4 Å². The number of likely N-dealkylation sites (tertiary alicyclic amines) is 2. The van der Waals surface area contributed by atoms with Crippen LogP contribution in [0.15, 0.2) is 30.5 Å². The summed E-state index contributed by atoms with van der Waals surface area (Å²) in [5.74, 6) is 2.24. The highest BCUT2D eigenvalue weighted by atomic mass is 19.1. The maximum absolute atomic E-state index is 17.8. The number of terminal acetylenes is 1. The second kappa shape index (κ2) is 13.5. The number of aryl methyl sites for hydroxylation is 1. The smallest absolute Gasteiger partial charge is 0.319 e. The highest BCUT2D eigenvalue weighted by molar-refractivity contribution is 6.18. The van der Waals surface area contributed by atoms with Crippen LogP contribution in [0.5, 0.6) is 11.8 Å². The van der Waals surface area contributed by atoms with Gasteiger partial charge in [-0.3, -0.25) is 14.5 Å². The number of fused-ring (bicyclic) bond motifs is 6. The largest absolute Gasteiger partial charge is 0.508 e. The van der Waals surface area contributed by atoms with E-state index in [2.05, 4.69) is 20.6 Å². The lowest BCUT2D eigenvalue weighted by Crippen LogP contribution is -2.59. The fraction of sp³-hybridized carbons (Fsp3) is 0.512. The Morgan fingerprint density at radius 1 is 1.00 bits per heavy atom. The average molecular weight is 766 g/mol. The Balaban J connectivity index is 1.12. The number of aromatic hydroxyl groups is 1. The van der Waals surface area contributed by atoms with Gasteiger partial charge in [-0.15, -0.1) is 6.42 Å². The first-order chi connectivity index (χ1) is 27.1. The van der Waals surface area contributed by atoms with E-state index < -0.39 is 17.8 Å². The van der Waals surface area contributed by atoms with Gasteiger partial charge in [-0.25, -0.2) is 13.2 Å². The summed E-state index contributed by atoms with van der Waals surface area (Å²) in [6.45, 7) is 4.78. The molecule has 0 radical (unpaired) electrons. The van der Waals surface area contributed by atoms with Crippen molar-refractivity contribution >= 4 is 38.4 Å². The second-order valence-electron chi connectivity index (χ2n) is 17.1. The van der Waals surface area contributed by atoms with E-state index in [0.29, 0.717) is 64.4 Å². The third-order valence-electron chi connectivity index (χ3n) is 13.2. The van der Waals surface area contributed by atoms with E-state index in [0.717, 1.165) is 71.3 Å². The number of aromatic nitrogens is 4.